The molecule has 0 spiro atoms. The van der Waals surface area contributed by atoms with E-state index in [1.54, 1.807) is 18.2 Å². The number of benzene rings is 1. The molecule has 1 aliphatic rings. The fourth-order valence-corrected chi connectivity index (χ4v) is 2.41. The Bertz CT molecular complexity index is 407. The molecule has 1 heterocycles. The molecule has 2 unspecified atom stereocenters. The van der Waals surface area contributed by atoms with Gasteiger partial charge in [-0.25, -0.2) is 0 Å². The van der Waals surface area contributed by atoms with Crippen molar-refractivity contribution in [2.45, 2.75) is 18.6 Å². The van der Waals surface area contributed by atoms with E-state index in [0.717, 1.165) is 0 Å². The molecule has 0 radical (unpaired) electrons. The predicted octanol–water partition coefficient (Wildman–Crippen LogP) is 4.37. The van der Waals surface area contributed by atoms with Crippen molar-refractivity contribution < 1.29 is 9.47 Å². The Kier molecular flexibility index (Phi) is 4.21. The average Bonchev–Trinajstić information content (AvgIpc) is 3.05. The van der Waals surface area contributed by atoms with Crippen LogP contribution in [0.2, 0.25) is 15.1 Å². The van der Waals surface area contributed by atoms with Crippen molar-refractivity contribution in [2.24, 2.45) is 0 Å². The lowest BCUT2D eigenvalue weighted by atomic mass is 10.2. The van der Waals surface area contributed by atoms with E-state index in [2.05, 4.69) is 6.58 Å². The zero-order chi connectivity index (χ0) is 12.4. The molecule has 0 saturated carbocycles. The summed E-state index contributed by atoms with van der Waals surface area (Å²) in [7, 11) is 0. The smallest absolute Gasteiger partial charge is 0.157 e. The topological polar surface area (TPSA) is 21.8 Å². The number of rotatable bonds is 5. The third-order valence-corrected chi connectivity index (χ3v) is 3.18. The summed E-state index contributed by atoms with van der Waals surface area (Å²) < 4.78 is 11.0. The summed E-state index contributed by atoms with van der Waals surface area (Å²) in [6.45, 7) is 4.38. The molecule has 2 nitrogen and oxygen atoms in total. The number of epoxide rings is 1. The normalized spacial score (nSPS) is 19.8. The Balaban J connectivity index is 2.18. The number of halogens is 3. The minimum atomic E-state index is -0.108. The Hall–Kier alpha value is -0.410. The van der Waals surface area contributed by atoms with Gasteiger partial charge < -0.3 is 9.47 Å². The summed E-state index contributed by atoms with van der Waals surface area (Å²) in [6.07, 6.45) is 2.45. The van der Waals surface area contributed by atoms with Crippen LogP contribution in [0.5, 0.6) is 5.75 Å². The first kappa shape index (κ1) is 13.0. The van der Waals surface area contributed by atoms with Crippen molar-refractivity contribution in [3.8, 4) is 5.75 Å². The molecule has 2 atom stereocenters. The van der Waals surface area contributed by atoms with E-state index < -0.39 is 0 Å². The molecule has 0 bridgehead atoms. The first-order chi connectivity index (χ1) is 8.11. The van der Waals surface area contributed by atoms with E-state index in [1.165, 1.54) is 0 Å². The van der Waals surface area contributed by atoms with Crippen LogP contribution in [0.25, 0.3) is 0 Å². The van der Waals surface area contributed by atoms with Crippen LogP contribution in [0.4, 0.5) is 0 Å². The molecule has 1 saturated heterocycles. The number of ether oxygens (including phenoxy) is 2. The predicted molar refractivity (Wildman–Crippen MR) is 70.4 cm³/mol. The Labute approximate surface area is 115 Å². The molecular formula is C12H11Cl3O2. The molecule has 92 valence electrons. The van der Waals surface area contributed by atoms with Gasteiger partial charge >= 0.3 is 0 Å². The van der Waals surface area contributed by atoms with Crippen molar-refractivity contribution in [3.63, 3.8) is 0 Å². The second-order valence-electron chi connectivity index (χ2n) is 3.75. The average molecular weight is 294 g/mol. The van der Waals surface area contributed by atoms with E-state index in [-0.39, 0.29) is 12.2 Å². The van der Waals surface area contributed by atoms with Crippen molar-refractivity contribution in [3.05, 3.63) is 39.9 Å². The zero-order valence-electron chi connectivity index (χ0n) is 8.96. The second-order valence-corrected chi connectivity index (χ2v) is 5.00. The molecular weight excluding hydrogens is 282 g/mol. The minimum Gasteiger partial charge on any atom is -0.484 e. The summed E-state index contributed by atoms with van der Waals surface area (Å²) in [6, 6.07) is 3.20. The van der Waals surface area contributed by atoms with E-state index in [9.17, 15) is 0 Å². The zero-order valence-corrected chi connectivity index (χ0v) is 11.2. The standard InChI is InChI=1S/C12H11Cl3O2/c1-2-3-10(11-6-16-11)17-12-8(14)4-7(13)5-9(12)15/h2,4-5,10-11H,1,3,6H2. The van der Waals surface area contributed by atoms with Gasteiger partial charge in [0.1, 0.15) is 12.2 Å². The summed E-state index contributed by atoms with van der Waals surface area (Å²) in [5.41, 5.74) is 0. The van der Waals surface area contributed by atoms with Crippen molar-refractivity contribution in [2.75, 3.05) is 6.61 Å². The van der Waals surface area contributed by atoms with E-state index >= 15 is 0 Å². The van der Waals surface area contributed by atoms with Gasteiger partial charge in [0.25, 0.3) is 0 Å². The quantitative estimate of drug-likeness (QED) is 0.594. The van der Waals surface area contributed by atoms with Gasteiger partial charge in [-0.1, -0.05) is 40.9 Å². The molecule has 1 aliphatic heterocycles. The fraction of sp³-hybridized carbons (Fsp3) is 0.333. The summed E-state index contributed by atoms with van der Waals surface area (Å²) in [5.74, 6) is 0.445. The Morgan fingerprint density at radius 3 is 2.47 bits per heavy atom. The molecule has 0 N–H and O–H groups in total. The van der Waals surface area contributed by atoms with Crippen LogP contribution in [0.15, 0.2) is 24.8 Å². The molecule has 17 heavy (non-hydrogen) atoms. The molecule has 1 fully saturated rings. The molecule has 0 aliphatic carbocycles. The van der Waals surface area contributed by atoms with E-state index in [4.69, 9.17) is 44.3 Å². The van der Waals surface area contributed by atoms with Crippen molar-refractivity contribution >= 4 is 34.8 Å². The molecule has 5 heteroatoms. The van der Waals surface area contributed by atoms with Gasteiger partial charge in [-0.2, -0.15) is 0 Å². The minimum absolute atomic E-state index is 0.0933. The van der Waals surface area contributed by atoms with Crippen LogP contribution in [-0.2, 0) is 4.74 Å². The van der Waals surface area contributed by atoms with Gasteiger partial charge in [0.2, 0.25) is 0 Å². The highest BCUT2D eigenvalue weighted by molar-refractivity contribution is 6.40. The Morgan fingerprint density at radius 2 is 2.00 bits per heavy atom. The molecule has 1 aromatic rings. The van der Waals surface area contributed by atoms with Crippen LogP contribution >= 0.6 is 34.8 Å². The largest absolute Gasteiger partial charge is 0.484 e. The van der Waals surface area contributed by atoms with Gasteiger partial charge in [-0.15, -0.1) is 6.58 Å². The maximum atomic E-state index is 6.04. The first-order valence-corrected chi connectivity index (χ1v) is 6.29. The lowest BCUT2D eigenvalue weighted by Crippen LogP contribution is -2.22. The van der Waals surface area contributed by atoms with Crippen molar-refractivity contribution in [1.29, 1.82) is 0 Å². The van der Waals surface area contributed by atoms with Gasteiger partial charge in [0.15, 0.2) is 5.75 Å². The molecule has 0 aromatic heterocycles. The monoisotopic (exact) mass is 292 g/mol. The van der Waals surface area contributed by atoms with Crippen LogP contribution in [0.3, 0.4) is 0 Å². The summed E-state index contributed by atoms with van der Waals surface area (Å²) in [4.78, 5) is 0. The van der Waals surface area contributed by atoms with Crippen LogP contribution < -0.4 is 4.74 Å². The van der Waals surface area contributed by atoms with E-state index in [0.29, 0.717) is 33.8 Å². The SMILES string of the molecule is C=CCC(Oc1c(Cl)cc(Cl)cc1Cl)C1CO1. The summed E-state index contributed by atoms with van der Waals surface area (Å²) >= 11 is 17.9. The summed E-state index contributed by atoms with van der Waals surface area (Å²) in [5, 5.41) is 1.28. The lowest BCUT2D eigenvalue weighted by molar-refractivity contribution is 0.162. The number of hydrogen-bond donors (Lipinski definition) is 0. The maximum absolute atomic E-state index is 6.04. The highest BCUT2D eigenvalue weighted by atomic mass is 35.5. The second kappa shape index (κ2) is 5.49. The molecule has 0 amide bonds. The van der Waals surface area contributed by atoms with Crippen molar-refractivity contribution in [1.82, 2.24) is 0 Å². The number of hydrogen-bond acceptors (Lipinski definition) is 2. The molecule has 1 aromatic carbocycles. The molecule has 2 rings (SSSR count). The highest BCUT2D eigenvalue weighted by Crippen LogP contribution is 2.37. The van der Waals surface area contributed by atoms with Gasteiger partial charge in [0.05, 0.1) is 16.7 Å². The van der Waals surface area contributed by atoms with Gasteiger partial charge in [0, 0.05) is 11.4 Å². The maximum Gasteiger partial charge on any atom is 0.157 e. The van der Waals surface area contributed by atoms with Crippen LogP contribution in [0, 0.1) is 0 Å². The third-order valence-electron chi connectivity index (χ3n) is 2.41. The van der Waals surface area contributed by atoms with E-state index in [1.807, 2.05) is 0 Å². The third kappa shape index (κ3) is 3.29. The van der Waals surface area contributed by atoms with Crippen LogP contribution in [-0.4, -0.2) is 18.8 Å². The fourth-order valence-electron chi connectivity index (χ4n) is 1.50. The highest BCUT2D eigenvalue weighted by Gasteiger charge is 2.34. The van der Waals surface area contributed by atoms with Gasteiger partial charge in [-0.3, -0.25) is 0 Å². The first-order valence-electron chi connectivity index (χ1n) is 5.15. The van der Waals surface area contributed by atoms with Crippen LogP contribution in [0.1, 0.15) is 6.42 Å². The Morgan fingerprint density at radius 1 is 1.41 bits per heavy atom. The van der Waals surface area contributed by atoms with Gasteiger partial charge in [-0.05, 0) is 12.1 Å². The lowest BCUT2D eigenvalue weighted by Gasteiger charge is -2.17.